The number of imidazole rings is 1. The molecule has 98 valence electrons. The number of pyridine rings is 1. The number of sulfonamides is 1. The summed E-state index contributed by atoms with van der Waals surface area (Å²) in [5.74, 6) is 0.227. The molecule has 0 spiro atoms. The number of rotatable bonds is 5. The zero-order chi connectivity index (χ0) is 13.2. The molecule has 0 aliphatic rings. The van der Waals surface area contributed by atoms with E-state index in [0.717, 1.165) is 11.9 Å². The highest BCUT2D eigenvalue weighted by Gasteiger charge is 2.15. The van der Waals surface area contributed by atoms with Gasteiger partial charge in [0.1, 0.15) is 11.4 Å². The fourth-order valence-electron chi connectivity index (χ4n) is 1.53. The zero-order valence-electron chi connectivity index (χ0n) is 9.74. The molecule has 0 saturated carbocycles. The molecule has 2 rings (SSSR count). The lowest BCUT2D eigenvalue weighted by Gasteiger charge is -2.11. The van der Waals surface area contributed by atoms with Crippen LogP contribution in [0.4, 0.5) is 0 Å². The summed E-state index contributed by atoms with van der Waals surface area (Å²) in [4.78, 5) is 4.10. The molecule has 1 N–H and O–H groups in total. The number of nitrogens with one attached hydrogen (secondary N) is 1. The van der Waals surface area contributed by atoms with Gasteiger partial charge in [0.15, 0.2) is 0 Å². The minimum Gasteiger partial charge on any atom is -0.610 e. The molecule has 0 saturated heterocycles. The summed E-state index contributed by atoms with van der Waals surface area (Å²) in [6.45, 7) is 0.149. The second-order valence-electron chi connectivity index (χ2n) is 3.74. The van der Waals surface area contributed by atoms with Crippen LogP contribution in [-0.4, -0.2) is 40.9 Å². The maximum absolute atomic E-state index is 12.1. The van der Waals surface area contributed by atoms with Crippen LogP contribution in [0.15, 0.2) is 35.6 Å². The Hall–Kier alpha value is -1.09. The number of hydrogen-bond donors (Lipinski definition) is 1. The molecule has 18 heavy (non-hydrogen) atoms. The molecule has 8 heteroatoms. The van der Waals surface area contributed by atoms with E-state index in [0.29, 0.717) is 5.03 Å². The van der Waals surface area contributed by atoms with Crippen molar-refractivity contribution in [2.45, 2.75) is 5.03 Å². The van der Waals surface area contributed by atoms with Crippen LogP contribution < -0.4 is 4.72 Å². The topological polar surface area (TPSA) is 86.5 Å². The summed E-state index contributed by atoms with van der Waals surface area (Å²) >= 11 is -1.28. The van der Waals surface area contributed by atoms with Crippen LogP contribution in [0.2, 0.25) is 0 Å². The molecule has 6 nitrogen and oxygen atoms in total. The van der Waals surface area contributed by atoms with E-state index >= 15 is 0 Å². The number of aromatic nitrogens is 2. The lowest BCUT2D eigenvalue weighted by atomic mass is 10.5. The fraction of sp³-hybridized carbons (Fsp3) is 0.300. The largest absolute Gasteiger partial charge is 0.610 e. The normalized spacial score (nSPS) is 13.9. The molecule has 2 heterocycles. The van der Waals surface area contributed by atoms with Crippen molar-refractivity contribution < 1.29 is 13.0 Å². The van der Waals surface area contributed by atoms with Crippen LogP contribution in [0, 0.1) is 0 Å². The van der Waals surface area contributed by atoms with Gasteiger partial charge < -0.3 is 4.55 Å². The third-order valence-electron chi connectivity index (χ3n) is 2.28. The van der Waals surface area contributed by atoms with Crippen molar-refractivity contribution in [3.63, 3.8) is 0 Å². The minimum atomic E-state index is -3.24. The zero-order valence-corrected chi connectivity index (χ0v) is 11.4. The smallest absolute Gasteiger partial charge is 0.231 e. The summed E-state index contributed by atoms with van der Waals surface area (Å²) in [5.41, 5.74) is 0.719. The molecular formula is C10H13N3O3S2. The summed E-state index contributed by atoms with van der Waals surface area (Å²) in [6, 6.07) is 5.33. The Morgan fingerprint density at radius 3 is 3.00 bits per heavy atom. The standard InChI is InChI=1S/C10H13N3O3S2/c1-18(15,16)12-6-8-17(14)10-4-2-3-9-11-5-7-13(9)10/h2-5,7,12H,6,8H2,1H3. The molecular weight excluding hydrogens is 274 g/mol. The molecule has 1 unspecified atom stereocenters. The maximum Gasteiger partial charge on any atom is 0.231 e. The Bertz CT molecular complexity index is 639. The van der Waals surface area contributed by atoms with Crippen molar-refractivity contribution in [1.82, 2.24) is 14.1 Å². The van der Waals surface area contributed by atoms with Crippen molar-refractivity contribution in [2.75, 3.05) is 18.6 Å². The molecule has 0 fully saturated rings. The van der Waals surface area contributed by atoms with Crippen LogP contribution in [0.1, 0.15) is 0 Å². The predicted octanol–water partition coefficient (Wildman–Crippen LogP) is -0.00890. The second-order valence-corrected chi connectivity index (χ2v) is 7.09. The number of fused-ring (bicyclic) bond motifs is 1. The fourth-order valence-corrected chi connectivity index (χ4v) is 3.23. The lowest BCUT2D eigenvalue weighted by Crippen LogP contribution is -2.28. The lowest BCUT2D eigenvalue weighted by molar-refractivity contribution is 0.582. The van der Waals surface area contributed by atoms with E-state index in [1.54, 1.807) is 28.9 Å². The van der Waals surface area contributed by atoms with E-state index in [9.17, 15) is 13.0 Å². The quantitative estimate of drug-likeness (QED) is 0.784. The Kier molecular flexibility index (Phi) is 3.91. The Balaban J connectivity index is 2.09. The van der Waals surface area contributed by atoms with Gasteiger partial charge in [0.05, 0.1) is 12.8 Å². The molecule has 0 amide bonds. The average molecular weight is 287 g/mol. The highest BCUT2D eigenvalue weighted by molar-refractivity contribution is 7.91. The molecule has 0 radical (unpaired) electrons. The van der Waals surface area contributed by atoms with Gasteiger partial charge in [0.25, 0.3) is 0 Å². The van der Waals surface area contributed by atoms with Gasteiger partial charge in [-0.05, 0) is 6.07 Å². The van der Waals surface area contributed by atoms with Gasteiger partial charge in [-0.25, -0.2) is 18.1 Å². The maximum atomic E-state index is 12.1. The molecule has 0 aliphatic carbocycles. The third kappa shape index (κ3) is 3.22. The second kappa shape index (κ2) is 5.27. The van der Waals surface area contributed by atoms with Gasteiger partial charge in [0, 0.05) is 29.6 Å². The summed E-state index contributed by atoms with van der Waals surface area (Å²) in [7, 11) is -3.24. The van der Waals surface area contributed by atoms with Gasteiger partial charge >= 0.3 is 0 Å². The van der Waals surface area contributed by atoms with E-state index in [4.69, 9.17) is 0 Å². The highest BCUT2D eigenvalue weighted by Crippen LogP contribution is 2.13. The van der Waals surface area contributed by atoms with Gasteiger partial charge in [-0.15, -0.1) is 0 Å². The van der Waals surface area contributed by atoms with Crippen molar-refractivity contribution in [3.8, 4) is 0 Å². The third-order valence-corrected chi connectivity index (χ3v) is 4.38. The first-order valence-corrected chi connectivity index (χ1v) is 8.43. The first-order chi connectivity index (χ1) is 8.47. The van der Waals surface area contributed by atoms with E-state index in [1.165, 1.54) is 0 Å². The van der Waals surface area contributed by atoms with Crippen LogP contribution in [-0.2, 0) is 21.2 Å². The number of hydrogen-bond acceptors (Lipinski definition) is 4. The first-order valence-electron chi connectivity index (χ1n) is 5.22. The van der Waals surface area contributed by atoms with Crippen LogP contribution in [0.25, 0.3) is 5.65 Å². The van der Waals surface area contributed by atoms with Gasteiger partial charge in [-0.3, -0.25) is 4.40 Å². The first kappa shape index (κ1) is 13.3. The predicted molar refractivity (Wildman–Crippen MR) is 69.3 cm³/mol. The Labute approximate surface area is 108 Å². The minimum absolute atomic E-state index is 0.149. The summed E-state index contributed by atoms with van der Waals surface area (Å²) < 4.78 is 37.9. The summed E-state index contributed by atoms with van der Waals surface area (Å²) in [6.07, 6.45) is 4.43. The molecule has 0 aromatic carbocycles. The molecule has 2 aromatic rings. The van der Waals surface area contributed by atoms with Crippen LogP contribution >= 0.6 is 0 Å². The van der Waals surface area contributed by atoms with Gasteiger partial charge in [-0.1, -0.05) is 6.07 Å². The molecule has 1 atom stereocenters. The molecule has 2 aromatic heterocycles. The van der Waals surface area contributed by atoms with Gasteiger partial charge in [-0.2, -0.15) is 0 Å². The van der Waals surface area contributed by atoms with Crippen molar-refractivity contribution in [2.24, 2.45) is 0 Å². The number of nitrogens with zero attached hydrogens (tertiary/aromatic N) is 2. The van der Waals surface area contributed by atoms with E-state index in [2.05, 4.69) is 9.71 Å². The van der Waals surface area contributed by atoms with Crippen molar-refractivity contribution in [1.29, 1.82) is 0 Å². The van der Waals surface area contributed by atoms with E-state index in [-0.39, 0.29) is 12.3 Å². The Morgan fingerprint density at radius 1 is 1.50 bits per heavy atom. The van der Waals surface area contributed by atoms with Crippen LogP contribution in [0.5, 0.6) is 0 Å². The highest BCUT2D eigenvalue weighted by atomic mass is 32.2. The molecule has 0 bridgehead atoms. The SMILES string of the molecule is CS(=O)(=O)NCC[S+]([O-])c1cccc2nccn12. The van der Waals surface area contributed by atoms with Crippen LogP contribution in [0.3, 0.4) is 0 Å². The molecule has 0 aliphatic heterocycles. The van der Waals surface area contributed by atoms with E-state index in [1.807, 2.05) is 6.07 Å². The van der Waals surface area contributed by atoms with E-state index < -0.39 is 21.2 Å². The van der Waals surface area contributed by atoms with Gasteiger partial charge in [0.2, 0.25) is 15.0 Å². The van der Waals surface area contributed by atoms with Crippen molar-refractivity contribution >= 4 is 26.8 Å². The summed E-state index contributed by atoms with van der Waals surface area (Å²) in [5, 5.41) is 0.611. The van der Waals surface area contributed by atoms with Crippen molar-refractivity contribution in [3.05, 3.63) is 30.6 Å². The monoisotopic (exact) mass is 287 g/mol. The average Bonchev–Trinajstić information content (AvgIpc) is 2.74. The Morgan fingerprint density at radius 2 is 2.28 bits per heavy atom.